The summed E-state index contributed by atoms with van der Waals surface area (Å²) in [5.74, 6) is -2.97. The lowest BCUT2D eigenvalue weighted by Crippen LogP contribution is -2.57. The van der Waals surface area contributed by atoms with Gasteiger partial charge in [-0.3, -0.25) is 0 Å². The van der Waals surface area contributed by atoms with E-state index in [1.807, 2.05) is 0 Å². The van der Waals surface area contributed by atoms with Crippen LogP contribution in [0, 0.1) is 17.6 Å². The van der Waals surface area contributed by atoms with Gasteiger partial charge in [-0.05, 0) is 56.2 Å². The second-order valence-corrected chi connectivity index (χ2v) is 10.5. The predicted octanol–water partition coefficient (Wildman–Crippen LogP) is 4.45. The van der Waals surface area contributed by atoms with E-state index in [1.165, 1.54) is 31.2 Å². The zero-order valence-electron chi connectivity index (χ0n) is 16.7. The standard InChI is InChI=1S/C22H21ClF2O5S/c1-13(26)2-9-19-16-12-30-21-18(25)8-7-17(24)20(21)22(16,10-11-29-19)31(27,28)15-5-3-14(23)4-6-15/h3-8,16,19H,2,9-12H2,1H3/t16?,19-,22-/m0/s1. The molecule has 31 heavy (non-hydrogen) atoms. The van der Waals surface area contributed by atoms with E-state index in [2.05, 4.69) is 0 Å². The Bertz CT molecular complexity index is 1120. The van der Waals surface area contributed by atoms with E-state index in [-0.39, 0.29) is 54.5 Å². The molecular weight excluding hydrogens is 450 g/mol. The van der Waals surface area contributed by atoms with E-state index >= 15 is 4.39 Å². The number of ether oxygens (including phenoxy) is 2. The van der Waals surface area contributed by atoms with E-state index in [9.17, 15) is 17.6 Å². The lowest BCUT2D eigenvalue weighted by Gasteiger charge is -2.50. The highest BCUT2D eigenvalue weighted by atomic mass is 35.5. The molecule has 0 radical (unpaired) electrons. The first-order valence-electron chi connectivity index (χ1n) is 9.91. The number of carbonyl (C=O) groups excluding carboxylic acids is 1. The monoisotopic (exact) mass is 470 g/mol. The summed E-state index contributed by atoms with van der Waals surface area (Å²) in [5.41, 5.74) is -0.310. The average molecular weight is 471 g/mol. The van der Waals surface area contributed by atoms with E-state index < -0.39 is 38.2 Å². The minimum Gasteiger partial charge on any atom is -0.490 e. The van der Waals surface area contributed by atoms with Gasteiger partial charge in [-0.15, -0.1) is 0 Å². The quantitative estimate of drug-likeness (QED) is 0.645. The molecule has 1 saturated heterocycles. The van der Waals surface area contributed by atoms with Crippen LogP contribution in [0.1, 0.15) is 31.7 Å². The zero-order chi connectivity index (χ0) is 22.4. The van der Waals surface area contributed by atoms with Crippen molar-refractivity contribution in [2.45, 2.75) is 41.9 Å². The van der Waals surface area contributed by atoms with Crippen LogP contribution in [0.5, 0.6) is 5.75 Å². The first kappa shape index (κ1) is 22.2. The maximum atomic E-state index is 15.2. The van der Waals surface area contributed by atoms with Crippen LogP contribution in [0.3, 0.4) is 0 Å². The van der Waals surface area contributed by atoms with Gasteiger partial charge in [-0.25, -0.2) is 17.2 Å². The Kier molecular flexibility index (Phi) is 5.83. The second-order valence-electron chi connectivity index (χ2n) is 7.90. The lowest BCUT2D eigenvalue weighted by atomic mass is 9.75. The number of sulfone groups is 1. The summed E-state index contributed by atoms with van der Waals surface area (Å²) in [4.78, 5) is 11.5. The van der Waals surface area contributed by atoms with Gasteiger partial charge in [0.1, 0.15) is 16.3 Å². The van der Waals surface area contributed by atoms with Gasteiger partial charge in [0.05, 0.1) is 23.2 Å². The third-order valence-electron chi connectivity index (χ3n) is 6.13. The van der Waals surface area contributed by atoms with Crippen LogP contribution < -0.4 is 4.74 Å². The molecule has 0 amide bonds. The van der Waals surface area contributed by atoms with Crippen molar-refractivity contribution in [2.75, 3.05) is 13.2 Å². The van der Waals surface area contributed by atoms with Crippen molar-refractivity contribution in [2.24, 2.45) is 5.92 Å². The molecule has 5 nitrogen and oxygen atoms in total. The molecule has 0 aromatic heterocycles. The molecule has 0 aliphatic carbocycles. The summed E-state index contributed by atoms with van der Waals surface area (Å²) < 4.78 is 67.5. The van der Waals surface area contributed by atoms with Crippen LogP contribution in [-0.4, -0.2) is 33.5 Å². The van der Waals surface area contributed by atoms with Crippen LogP contribution >= 0.6 is 11.6 Å². The van der Waals surface area contributed by atoms with Gasteiger partial charge in [-0.1, -0.05) is 11.6 Å². The highest BCUT2D eigenvalue weighted by Gasteiger charge is 2.61. The Labute approximate surface area is 184 Å². The number of rotatable bonds is 5. The van der Waals surface area contributed by atoms with Crippen molar-refractivity contribution >= 4 is 27.2 Å². The molecule has 0 N–H and O–H groups in total. The number of Topliss-reactive ketones (excluding diaryl/α,β-unsaturated/α-hetero) is 1. The smallest absolute Gasteiger partial charge is 0.189 e. The highest BCUT2D eigenvalue weighted by molar-refractivity contribution is 7.92. The molecule has 4 rings (SSSR count). The predicted molar refractivity (Wildman–Crippen MR) is 110 cm³/mol. The summed E-state index contributed by atoms with van der Waals surface area (Å²) in [7, 11) is -4.23. The van der Waals surface area contributed by atoms with Gasteiger partial charge in [0.15, 0.2) is 21.4 Å². The molecule has 0 spiro atoms. The number of benzene rings is 2. The third-order valence-corrected chi connectivity index (χ3v) is 8.94. The van der Waals surface area contributed by atoms with Crippen molar-refractivity contribution < 1.29 is 31.5 Å². The fourth-order valence-corrected chi connectivity index (χ4v) is 7.15. The topological polar surface area (TPSA) is 69.7 Å². The van der Waals surface area contributed by atoms with Gasteiger partial charge in [0.25, 0.3) is 0 Å². The van der Waals surface area contributed by atoms with Crippen LogP contribution in [0.15, 0.2) is 41.3 Å². The molecule has 2 aromatic carbocycles. The second kappa shape index (κ2) is 8.15. The van der Waals surface area contributed by atoms with Crippen LogP contribution in [0.2, 0.25) is 5.02 Å². The zero-order valence-corrected chi connectivity index (χ0v) is 18.3. The maximum Gasteiger partial charge on any atom is 0.189 e. The Morgan fingerprint density at radius 1 is 1.16 bits per heavy atom. The fraction of sp³-hybridized carbons (Fsp3) is 0.409. The minimum atomic E-state index is -4.23. The number of carbonyl (C=O) groups is 1. The highest BCUT2D eigenvalue weighted by Crippen LogP contribution is 2.56. The molecule has 2 heterocycles. The minimum absolute atomic E-state index is 0.0152. The van der Waals surface area contributed by atoms with Crippen molar-refractivity contribution in [3.8, 4) is 5.75 Å². The first-order chi connectivity index (χ1) is 14.7. The fourth-order valence-electron chi connectivity index (χ4n) is 4.68. The Balaban J connectivity index is 1.96. The van der Waals surface area contributed by atoms with Gasteiger partial charge < -0.3 is 14.3 Å². The summed E-state index contributed by atoms with van der Waals surface area (Å²) in [6.45, 7) is 1.27. The molecule has 2 aromatic rings. The van der Waals surface area contributed by atoms with Gasteiger partial charge in [0.2, 0.25) is 0 Å². The summed E-state index contributed by atoms with van der Waals surface area (Å²) >= 11 is 5.93. The first-order valence-corrected chi connectivity index (χ1v) is 11.8. The molecule has 1 unspecified atom stereocenters. The van der Waals surface area contributed by atoms with Crippen molar-refractivity contribution in [1.29, 1.82) is 0 Å². The largest absolute Gasteiger partial charge is 0.490 e. The van der Waals surface area contributed by atoms with E-state index in [4.69, 9.17) is 21.1 Å². The van der Waals surface area contributed by atoms with Gasteiger partial charge in [0, 0.05) is 24.0 Å². The third kappa shape index (κ3) is 3.54. The molecule has 9 heteroatoms. The molecule has 0 saturated carbocycles. The number of hydrogen-bond donors (Lipinski definition) is 0. The molecule has 3 atom stereocenters. The number of fused-ring (bicyclic) bond motifs is 3. The van der Waals surface area contributed by atoms with Crippen molar-refractivity contribution in [3.05, 3.63) is 58.6 Å². The molecule has 2 aliphatic rings. The average Bonchev–Trinajstić information content (AvgIpc) is 2.74. The van der Waals surface area contributed by atoms with E-state index in [0.717, 1.165) is 12.1 Å². The van der Waals surface area contributed by atoms with Crippen molar-refractivity contribution in [3.63, 3.8) is 0 Å². The van der Waals surface area contributed by atoms with Crippen LogP contribution in [-0.2, 0) is 24.1 Å². The molecular formula is C22H21ClF2O5S. The van der Waals surface area contributed by atoms with Gasteiger partial charge in [-0.2, -0.15) is 0 Å². The van der Waals surface area contributed by atoms with E-state index in [1.54, 1.807) is 0 Å². The number of hydrogen-bond acceptors (Lipinski definition) is 5. The number of halogens is 3. The Morgan fingerprint density at radius 2 is 1.84 bits per heavy atom. The van der Waals surface area contributed by atoms with Gasteiger partial charge >= 0.3 is 0 Å². The molecule has 1 fully saturated rings. The summed E-state index contributed by atoms with van der Waals surface area (Å²) in [6, 6.07) is 7.43. The normalized spacial score (nSPS) is 25.3. The summed E-state index contributed by atoms with van der Waals surface area (Å²) in [6.07, 6.45) is -0.310. The lowest BCUT2D eigenvalue weighted by molar-refractivity contribution is -0.119. The Hall–Kier alpha value is -2.03. The summed E-state index contributed by atoms with van der Waals surface area (Å²) in [5, 5.41) is 0.351. The van der Waals surface area contributed by atoms with Crippen molar-refractivity contribution in [1.82, 2.24) is 0 Å². The Morgan fingerprint density at radius 3 is 2.52 bits per heavy atom. The maximum absolute atomic E-state index is 15.2. The number of ketones is 1. The van der Waals surface area contributed by atoms with E-state index in [0.29, 0.717) is 5.02 Å². The molecule has 2 aliphatic heterocycles. The molecule has 0 bridgehead atoms. The van der Waals surface area contributed by atoms with Crippen LogP contribution in [0.25, 0.3) is 0 Å². The van der Waals surface area contributed by atoms with Crippen LogP contribution in [0.4, 0.5) is 8.78 Å². The molecule has 166 valence electrons. The SMILES string of the molecule is CC(=O)CC[C@@H]1OCC[C@@]2(S(=O)(=O)c3ccc(Cl)cc3)c3c(F)ccc(F)c3OCC12.